The number of Topliss-reactive ketones (excluding diaryl/α,β-unsaturated/α-hetero) is 1. The Morgan fingerprint density at radius 1 is 0.900 bits per heavy atom. The van der Waals surface area contributed by atoms with Crippen molar-refractivity contribution in [2.24, 2.45) is 0 Å². The molecule has 0 aromatic heterocycles. The van der Waals surface area contributed by atoms with Crippen LogP contribution in [-0.2, 0) is 4.79 Å². The maximum atomic E-state index is 12.7. The molecule has 0 bridgehead atoms. The Morgan fingerprint density at radius 2 is 1.37 bits per heavy atom. The van der Waals surface area contributed by atoms with E-state index in [1.165, 1.54) is 6.92 Å². The van der Waals surface area contributed by atoms with Gasteiger partial charge in [0.2, 0.25) is 5.91 Å². The van der Waals surface area contributed by atoms with E-state index in [9.17, 15) is 19.2 Å². The molecule has 0 aliphatic carbocycles. The van der Waals surface area contributed by atoms with Crippen molar-refractivity contribution in [3.8, 4) is 0 Å². The summed E-state index contributed by atoms with van der Waals surface area (Å²) in [6.45, 7) is 2.71. The molecular formula is C20H14Cl4N2O4. The largest absolute Gasteiger partial charge is 0.350 e. The lowest BCUT2D eigenvalue weighted by Gasteiger charge is -2.15. The van der Waals surface area contributed by atoms with Gasteiger partial charge in [0.1, 0.15) is 0 Å². The lowest BCUT2D eigenvalue weighted by atomic mass is 10.0. The highest BCUT2D eigenvalue weighted by molar-refractivity contribution is 6.55. The summed E-state index contributed by atoms with van der Waals surface area (Å²) in [5, 5.41) is 2.08. The molecule has 156 valence electrons. The number of hydrogen-bond acceptors (Lipinski definition) is 4. The predicted octanol–water partition coefficient (Wildman–Crippen LogP) is 4.98. The van der Waals surface area contributed by atoms with Crippen LogP contribution in [0.5, 0.6) is 0 Å². The van der Waals surface area contributed by atoms with Crippen LogP contribution < -0.4 is 5.32 Å². The van der Waals surface area contributed by atoms with Crippen molar-refractivity contribution < 1.29 is 19.2 Å². The average Bonchev–Trinajstić information content (AvgIpc) is 2.95. The molecule has 0 radical (unpaired) electrons. The number of rotatable bonds is 5. The number of nitrogens with zero attached hydrogens (tertiary/aromatic N) is 1. The molecule has 2 aromatic rings. The highest BCUT2D eigenvalue weighted by Gasteiger charge is 2.42. The first-order valence-electron chi connectivity index (χ1n) is 8.67. The van der Waals surface area contributed by atoms with E-state index in [2.05, 4.69) is 5.32 Å². The molecule has 2 aromatic carbocycles. The van der Waals surface area contributed by atoms with E-state index < -0.39 is 24.1 Å². The lowest BCUT2D eigenvalue weighted by Crippen LogP contribution is -2.35. The maximum absolute atomic E-state index is 12.7. The molecule has 1 aliphatic heterocycles. The smallest absolute Gasteiger partial charge is 0.263 e. The lowest BCUT2D eigenvalue weighted by molar-refractivity contribution is -0.119. The second kappa shape index (κ2) is 8.55. The molecule has 1 N–H and O–H groups in total. The molecule has 0 saturated heterocycles. The summed E-state index contributed by atoms with van der Waals surface area (Å²) in [6.07, 6.45) is 0. The third-order valence-corrected chi connectivity index (χ3v) is 6.44. The molecule has 1 unspecified atom stereocenters. The summed E-state index contributed by atoms with van der Waals surface area (Å²) in [5.41, 5.74) is 0.741. The van der Waals surface area contributed by atoms with E-state index in [-0.39, 0.29) is 43.2 Å². The highest BCUT2D eigenvalue weighted by atomic mass is 35.5. The van der Waals surface area contributed by atoms with Gasteiger partial charge < -0.3 is 5.32 Å². The Morgan fingerprint density at radius 3 is 1.80 bits per heavy atom. The maximum Gasteiger partial charge on any atom is 0.263 e. The van der Waals surface area contributed by atoms with E-state index in [1.807, 2.05) is 0 Å². The fourth-order valence-corrected chi connectivity index (χ4v) is 4.13. The van der Waals surface area contributed by atoms with Crippen LogP contribution >= 0.6 is 46.4 Å². The molecule has 3 amide bonds. The van der Waals surface area contributed by atoms with Crippen LogP contribution in [0.15, 0.2) is 24.3 Å². The SMILES string of the molecule is CC(=O)NC(C)c1ccc(C(=O)CN2C(=O)c3c(Cl)c(Cl)c(Cl)c(Cl)c3C2=O)cc1. The van der Waals surface area contributed by atoms with Gasteiger partial charge in [-0.3, -0.25) is 24.1 Å². The van der Waals surface area contributed by atoms with Crippen LogP contribution in [0.3, 0.4) is 0 Å². The number of amides is 3. The zero-order chi connectivity index (χ0) is 22.3. The Balaban J connectivity index is 1.83. The number of halogens is 4. The molecule has 0 saturated carbocycles. The van der Waals surface area contributed by atoms with Gasteiger partial charge in [-0.1, -0.05) is 70.7 Å². The van der Waals surface area contributed by atoms with Gasteiger partial charge in [0.25, 0.3) is 11.8 Å². The summed E-state index contributed by atoms with van der Waals surface area (Å²) >= 11 is 24.1. The summed E-state index contributed by atoms with van der Waals surface area (Å²) in [7, 11) is 0. The summed E-state index contributed by atoms with van der Waals surface area (Å²) < 4.78 is 0. The Labute approximate surface area is 192 Å². The molecule has 0 fully saturated rings. The minimum atomic E-state index is -0.773. The van der Waals surface area contributed by atoms with Crippen LogP contribution in [0.2, 0.25) is 20.1 Å². The van der Waals surface area contributed by atoms with Gasteiger partial charge in [0.15, 0.2) is 5.78 Å². The van der Waals surface area contributed by atoms with Crippen molar-refractivity contribution in [3.05, 3.63) is 66.6 Å². The van der Waals surface area contributed by atoms with Gasteiger partial charge in [0.05, 0.1) is 43.8 Å². The number of nitrogens with one attached hydrogen (secondary N) is 1. The number of carbonyl (C=O) groups excluding carboxylic acids is 4. The molecule has 10 heteroatoms. The second-order valence-electron chi connectivity index (χ2n) is 6.67. The number of fused-ring (bicyclic) bond motifs is 1. The fraction of sp³-hybridized carbons (Fsp3) is 0.200. The van der Waals surface area contributed by atoms with Crippen molar-refractivity contribution in [1.29, 1.82) is 0 Å². The molecular weight excluding hydrogens is 474 g/mol. The molecule has 1 heterocycles. The zero-order valence-corrected chi connectivity index (χ0v) is 18.7. The normalized spacial score (nSPS) is 14.0. The van der Waals surface area contributed by atoms with Crippen LogP contribution in [0.1, 0.15) is 56.5 Å². The predicted molar refractivity (Wildman–Crippen MR) is 115 cm³/mol. The Hall–Kier alpha value is -2.12. The summed E-state index contributed by atoms with van der Waals surface area (Å²) in [6, 6.07) is 6.25. The third kappa shape index (κ3) is 3.93. The number of benzene rings is 2. The van der Waals surface area contributed by atoms with Crippen LogP contribution in [-0.4, -0.2) is 34.9 Å². The highest BCUT2D eigenvalue weighted by Crippen LogP contribution is 2.44. The zero-order valence-electron chi connectivity index (χ0n) is 15.7. The molecule has 1 aliphatic rings. The van der Waals surface area contributed by atoms with E-state index >= 15 is 0 Å². The molecule has 0 spiro atoms. The van der Waals surface area contributed by atoms with Crippen LogP contribution in [0, 0.1) is 0 Å². The van der Waals surface area contributed by atoms with E-state index in [4.69, 9.17) is 46.4 Å². The van der Waals surface area contributed by atoms with E-state index in [0.29, 0.717) is 5.56 Å². The van der Waals surface area contributed by atoms with Gasteiger partial charge in [-0.2, -0.15) is 0 Å². The Kier molecular flexibility index (Phi) is 6.43. The summed E-state index contributed by atoms with van der Waals surface area (Å²) in [4.78, 5) is 50.0. The molecule has 6 nitrogen and oxygen atoms in total. The van der Waals surface area contributed by atoms with Gasteiger partial charge >= 0.3 is 0 Å². The first-order valence-corrected chi connectivity index (χ1v) is 10.2. The minimum absolute atomic E-state index is 0.139. The number of hydrogen-bond donors (Lipinski definition) is 1. The standard InChI is InChI=1S/C20H14Cl4N2O4/c1-8(25-9(2)27)10-3-5-11(6-4-10)12(28)7-26-19(29)13-14(20(26)30)16(22)18(24)17(23)15(13)21/h3-6,8H,7H2,1-2H3,(H,25,27). The van der Waals surface area contributed by atoms with Crippen molar-refractivity contribution in [1.82, 2.24) is 10.2 Å². The van der Waals surface area contributed by atoms with Crippen LogP contribution in [0.25, 0.3) is 0 Å². The van der Waals surface area contributed by atoms with E-state index in [0.717, 1.165) is 10.5 Å². The van der Waals surface area contributed by atoms with E-state index in [1.54, 1.807) is 31.2 Å². The first kappa shape index (κ1) is 22.6. The van der Waals surface area contributed by atoms with Crippen molar-refractivity contribution in [3.63, 3.8) is 0 Å². The van der Waals surface area contributed by atoms with Crippen molar-refractivity contribution in [2.45, 2.75) is 19.9 Å². The van der Waals surface area contributed by atoms with Gasteiger partial charge in [-0.15, -0.1) is 0 Å². The van der Waals surface area contributed by atoms with Crippen molar-refractivity contribution >= 4 is 69.9 Å². The first-order chi connectivity index (χ1) is 14.0. The average molecular weight is 488 g/mol. The topological polar surface area (TPSA) is 83.6 Å². The molecule has 1 atom stereocenters. The quantitative estimate of drug-likeness (QED) is 0.279. The summed E-state index contributed by atoms with van der Waals surface area (Å²) in [5.74, 6) is -2.19. The van der Waals surface area contributed by atoms with Gasteiger partial charge in [0, 0.05) is 12.5 Å². The van der Waals surface area contributed by atoms with Crippen LogP contribution in [0.4, 0.5) is 0 Å². The molecule has 30 heavy (non-hydrogen) atoms. The Bertz CT molecular complexity index is 1050. The van der Waals surface area contributed by atoms with Gasteiger partial charge in [-0.25, -0.2) is 0 Å². The minimum Gasteiger partial charge on any atom is -0.350 e. The second-order valence-corrected chi connectivity index (χ2v) is 8.18. The molecule has 3 rings (SSSR count). The third-order valence-electron chi connectivity index (χ3n) is 4.64. The number of imide groups is 1. The number of ketones is 1. The number of carbonyl (C=O) groups is 4. The van der Waals surface area contributed by atoms with Crippen molar-refractivity contribution in [2.75, 3.05) is 6.54 Å². The fourth-order valence-electron chi connectivity index (χ4n) is 3.12. The monoisotopic (exact) mass is 486 g/mol. The van der Waals surface area contributed by atoms with Gasteiger partial charge in [-0.05, 0) is 12.5 Å².